The summed E-state index contributed by atoms with van der Waals surface area (Å²) in [5.74, 6) is 1.20. The first-order valence-electron chi connectivity index (χ1n) is 9.39. The summed E-state index contributed by atoms with van der Waals surface area (Å²) >= 11 is 12.2. The highest BCUT2D eigenvalue weighted by atomic mass is 35.5. The number of Topliss-reactive ketones (excluding diaryl/α,β-unsaturated/α-hetero) is 1. The maximum absolute atomic E-state index is 12.7. The molecule has 1 aliphatic carbocycles. The fraction of sp³-hybridized carbons (Fsp3) is 0.227. The highest BCUT2D eigenvalue weighted by Gasteiger charge is 2.28. The van der Waals surface area contributed by atoms with Gasteiger partial charge in [-0.05, 0) is 49.6 Å². The molecule has 2 aromatic carbocycles. The Hall–Kier alpha value is -2.63. The largest absolute Gasteiger partial charge is 0.339 e. The SMILES string of the molecule is Cc1ccc(Nc2nc3c(c(Nc4ccc(Cl)c(Cl)c4)n2)C(=O)CC(C)C3)cc1. The molecule has 1 aliphatic rings. The number of anilines is 4. The molecule has 1 unspecified atom stereocenters. The molecule has 0 fully saturated rings. The van der Waals surface area contributed by atoms with E-state index in [2.05, 4.69) is 27.5 Å². The molecule has 0 bridgehead atoms. The van der Waals surface area contributed by atoms with Crippen LogP contribution in [-0.4, -0.2) is 15.8 Å². The minimum absolute atomic E-state index is 0.0446. The molecule has 0 radical (unpaired) electrons. The molecule has 0 spiro atoms. The molecule has 1 heterocycles. The van der Waals surface area contributed by atoms with Crippen LogP contribution in [0.2, 0.25) is 10.0 Å². The van der Waals surface area contributed by atoms with E-state index in [0.29, 0.717) is 39.5 Å². The van der Waals surface area contributed by atoms with Crippen molar-refractivity contribution in [3.8, 4) is 0 Å². The van der Waals surface area contributed by atoms with Crippen molar-refractivity contribution in [2.45, 2.75) is 26.7 Å². The summed E-state index contributed by atoms with van der Waals surface area (Å²) in [4.78, 5) is 22.0. The lowest BCUT2D eigenvalue weighted by atomic mass is 9.87. The molecule has 0 saturated heterocycles. The van der Waals surface area contributed by atoms with Crippen molar-refractivity contribution < 1.29 is 4.79 Å². The molecule has 29 heavy (non-hydrogen) atoms. The van der Waals surface area contributed by atoms with E-state index >= 15 is 0 Å². The lowest BCUT2D eigenvalue weighted by Gasteiger charge is -2.23. The summed E-state index contributed by atoms with van der Waals surface area (Å²) in [6.45, 7) is 4.09. The first-order valence-corrected chi connectivity index (χ1v) is 10.1. The molecule has 0 saturated carbocycles. The van der Waals surface area contributed by atoms with Crippen LogP contribution in [0.15, 0.2) is 42.5 Å². The highest BCUT2D eigenvalue weighted by Crippen LogP contribution is 2.33. The maximum Gasteiger partial charge on any atom is 0.229 e. The van der Waals surface area contributed by atoms with Gasteiger partial charge in [0.25, 0.3) is 0 Å². The number of aromatic nitrogens is 2. The van der Waals surface area contributed by atoms with E-state index in [-0.39, 0.29) is 11.7 Å². The quantitative estimate of drug-likeness (QED) is 0.508. The van der Waals surface area contributed by atoms with Crippen LogP contribution in [0.3, 0.4) is 0 Å². The third-order valence-corrected chi connectivity index (χ3v) is 5.57. The molecule has 5 nitrogen and oxygen atoms in total. The van der Waals surface area contributed by atoms with Gasteiger partial charge in [-0.3, -0.25) is 4.79 Å². The van der Waals surface area contributed by atoms with Crippen LogP contribution in [0.5, 0.6) is 0 Å². The average molecular weight is 427 g/mol. The van der Waals surface area contributed by atoms with Crippen LogP contribution in [0.4, 0.5) is 23.1 Å². The monoisotopic (exact) mass is 426 g/mol. The van der Waals surface area contributed by atoms with E-state index < -0.39 is 0 Å². The van der Waals surface area contributed by atoms with E-state index in [1.807, 2.05) is 31.2 Å². The molecule has 1 aromatic heterocycles. The summed E-state index contributed by atoms with van der Waals surface area (Å²) in [5.41, 5.74) is 4.05. The Morgan fingerprint density at radius 3 is 2.38 bits per heavy atom. The minimum atomic E-state index is 0.0446. The fourth-order valence-corrected chi connectivity index (χ4v) is 3.69. The van der Waals surface area contributed by atoms with Crippen LogP contribution in [-0.2, 0) is 6.42 Å². The molecule has 148 valence electrons. The van der Waals surface area contributed by atoms with Gasteiger partial charge < -0.3 is 10.6 Å². The average Bonchev–Trinajstić information content (AvgIpc) is 2.66. The van der Waals surface area contributed by atoms with Gasteiger partial charge in [0.2, 0.25) is 5.95 Å². The Morgan fingerprint density at radius 2 is 1.66 bits per heavy atom. The number of nitrogens with one attached hydrogen (secondary N) is 2. The van der Waals surface area contributed by atoms with Crippen molar-refractivity contribution >= 4 is 52.1 Å². The van der Waals surface area contributed by atoms with Gasteiger partial charge >= 0.3 is 0 Å². The number of halogens is 2. The number of carbonyl (C=O) groups is 1. The highest BCUT2D eigenvalue weighted by molar-refractivity contribution is 6.42. The number of benzene rings is 2. The second kappa shape index (κ2) is 8.01. The summed E-state index contributed by atoms with van der Waals surface area (Å²) in [7, 11) is 0. The Bertz CT molecular complexity index is 1080. The predicted molar refractivity (Wildman–Crippen MR) is 118 cm³/mol. The third-order valence-electron chi connectivity index (χ3n) is 4.83. The molecular weight excluding hydrogens is 407 g/mol. The van der Waals surface area contributed by atoms with Crippen molar-refractivity contribution in [3.05, 3.63) is 69.3 Å². The van der Waals surface area contributed by atoms with E-state index in [4.69, 9.17) is 23.2 Å². The molecule has 7 heteroatoms. The van der Waals surface area contributed by atoms with Crippen LogP contribution >= 0.6 is 23.2 Å². The van der Waals surface area contributed by atoms with Crippen molar-refractivity contribution in [1.29, 1.82) is 0 Å². The van der Waals surface area contributed by atoms with Crippen LogP contribution < -0.4 is 10.6 Å². The third kappa shape index (κ3) is 4.36. The molecule has 0 aliphatic heterocycles. The number of aryl methyl sites for hydroxylation is 1. The van der Waals surface area contributed by atoms with Gasteiger partial charge in [-0.1, -0.05) is 47.8 Å². The lowest BCUT2D eigenvalue weighted by Crippen LogP contribution is -2.22. The molecule has 4 rings (SSSR count). The molecule has 2 N–H and O–H groups in total. The van der Waals surface area contributed by atoms with E-state index in [1.165, 1.54) is 5.56 Å². The molecule has 0 amide bonds. The molecule has 3 aromatic rings. The Morgan fingerprint density at radius 1 is 0.931 bits per heavy atom. The van der Waals surface area contributed by atoms with E-state index in [0.717, 1.165) is 17.8 Å². The van der Waals surface area contributed by atoms with Crippen LogP contribution in [0.25, 0.3) is 0 Å². The van der Waals surface area contributed by atoms with Crippen molar-refractivity contribution in [2.75, 3.05) is 10.6 Å². The van der Waals surface area contributed by atoms with Gasteiger partial charge in [-0.2, -0.15) is 4.98 Å². The zero-order valence-corrected chi connectivity index (χ0v) is 17.6. The topological polar surface area (TPSA) is 66.9 Å². The Kier molecular flexibility index (Phi) is 5.43. The van der Waals surface area contributed by atoms with Gasteiger partial charge in [-0.15, -0.1) is 0 Å². The minimum Gasteiger partial charge on any atom is -0.339 e. The summed E-state index contributed by atoms with van der Waals surface area (Å²) in [6.07, 6.45) is 1.21. The van der Waals surface area contributed by atoms with Crippen molar-refractivity contribution in [1.82, 2.24) is 9.97 Å². The summed E-state index contributed by atoms with van der Waals surface area (Å²) in [5, 5.41) is 7.36. The normalized spacial score (nSPS) is 15.7. The van der Waals surface area contributed by atoms with Gasteiger partial charge in [0.05, 0.1) is 21.3 Å². The number of rotatable bonds is 4. The smallest absolute Gasteiger partial charge is 0.229 e. The van der Waals surface area contributed by atoms with Gasteiger partial charge in [0.15, 0.2) is 5.78 Å². The van der Waals surface area contributed by atoms with Gasteiger partial charge in [0, 0.05) is 17.8 Å². The number of hydrogen-bond donors (Lipinski definition) is 2. The van der Waals surface area contributed by atoms with Gasteiger partial charge in [-0.25, -0.2) is 4.98 Å². The van der Waals surface area contributed by atoms with Crippen molar-refractivity contribution in [2.24, 2.45) is 5.92 Å². The number of carbonyl (C=O) groups excluding carboxylic acids is 1. The van der Waals surface area contributed by atoms with Crippen molar-refractivity contribution in [3.63, 3.8) is 0 Å². The van der Waals surface area contributed by atoms with E-state index in [9.17, 15) is 4.79 Å². The Balaban J connectivity index is 1.74. The van der Waals surface area contributed by atoms with E-state index in [1.54, 1.807) is 18.2 Å². The number of hydrogen-bond acceptors (Lipinski definition) is 5. The fourth-order valence-electron chi connectivity index (χ4n) is 3.39. The first-order chi connectivity index (χ1) is 13.9. The number of ketones is 1. The number of nitrogens with zero attached hydrogens (tertiary/aromatic N) is 2. The zero-order valence-electron chi connectivity index (χ0n) is 16.1. The second-order valence-electron chi connectivity index (χ2n) is 7.40. The number of fused-ring (bicyclic) bond motifs is 1. The standard InChI is InChI=1S/C22H20Cl2N4O/c1-12-3-5-14(6-4-12)26-22-27-18-9-13(2)10-19(29)20(18)21(28-22)25-15-7-8-16(23)17(24)11-15/h3-8,11,13H,9-10H2,1-2H3,(H2,25,26,27,28). The Labute approximate surface area is 179 Å². The lowest BCUT2D eigenvalue weighted by molar-refractivity contribution is 0.0953. The molecular formula is C22H20Cl2N4O. The first kappa shape index (κ1) is 19.7. The van der Waals surface area contributed by atoms with Crippen LogP contribution in [0.1, 0.15) is 35.0 Å². The summed E-state index contributed by atoms with van der Waals surface area (Å²) in [6, 6.07) is 13.2. The zero-order chi connectivity index (χ0) is 20.5. The molecule has 1 atom stereocenters. The maximum atomic E-state index is 12.7. The predicted octanol–water partition coefficient (Wildman–Crippen LogP) is 6.34. The van der Waals surface area contributed by atoms with Gasteiger partial charge in [0.1, 0.15) is 5.82 Å². The second-order valence-corrected chi connectivity index (χ2v) is 8.21. The van der Waals surface area contributed by atoms with Crippen LogP contribution in [0, 0.1) is 12.8 Å². The summed E-state index contributed by atoms with van der Waals surface area (Å²) < 4.78 is 0.